The number of anilines is 1. The predicted octanol–water partition coefficient (Wildman–Crippen LogP) is 3.32. The minimum atomic E-state index is -0.569. The predicted molar refractivity (Wildman–Crippen MR) is 69.6 cm³/mol. The molecular weight excluding hydrogens is 245 g/mol. The number of hydrogen-bond donors (Lipinski definition) is 1. The Labute approximate surface area is 110 Å². The number of pyridine rings is 1. The van der Waals surface area contributed by atoms with Crippen LogP contribution < -0.4 is 10.1 Å². The molecule has 0 aliphatic rings. The molecule has 0 atom stereocenters. The number of nitrogens with zero attached hydrogens (tertiary/aromatic N) is 2. The summed E-state index contributed by atoms with van der Waals surface area (Å²) in [5, 5.41) is 11.7. The molecule has 0 bridgehead atoms. The highest BCUT2D eigenvalue weighted by Crippen LogP contribution is 2.26. The van der Waals surface area contributed by atoms with E-state index in [2.05, 4.69) is 10.3 Å². The van der Waals surface area contributed by atoms with Crippen molar-refractivity contribution in [1.29, 1.82) is 5.26 Å². The molecule has 0 radical (unpaired) electrons. The van der Waals surface area contributed by atoms with E-state index in [9.17, 15) is 4.39 Å². The van der Waals surface area contributed by atoms with Gasteiger partial charge in [-0.3, -0.25) is 0 Å². The van der Waals surface area contributed by atoms with Crippen molar-refractivity contribution < 1.29 is 9.13 Å². The van der Waals surface area contributed by atoms with E-state index in [1.165, 1.54) is 12.1 Å². The van der Waals surface area contributed by atoms with Crippen molar-refractivity contribution in [2.24, 2.45) is 0 Å². The van der Waals surface area contributed by atoms with Gasteiger partial charge in [0.25, 0.3) is 0 Å². The van der Waals surface area contributed by atoms with Crippen LogP contribution in [0, 0.1) is 17.1 Å². The molecule has 0 saturated heterocycles. The van der Waals surface area contributed by atoms with Gasteiger partial charge >= 0.3 is 0 Å². The minimum absolute atomic E-state index is 0.0765. The van der Waals surface area contributed by atoms with Crippen LogP contribution in [0.25, 0.3) is 0 Å². The number of nitriles is 1. The monoisotopic (exact) mass is 257 g/mol. The van der Waals surface area contributed by atoms with E-state index in [-0.39, 0.29) is 11.3 Å². The van der Waals surface area contributed by atoms with E-state index >= 15 is 0 Å². The Balaban J connectivity index is 2.21. The average molecular weight is 257 g/mol. The van der Waals surface area contributed by atoms with Crippen molar-refractivity contribution in [1.82, 2.24) is 4.98 Å². The Kier molecular flexibility index (Phi) is 3.94. The van der Waals surface area contributed by atoms with Crippen molar-refractivity contribution in [3.05, 3.63) is 47.9 Å². The van der Waals surface area contributed by atoms with Gasteiger partial charge in [-0.25, -0.2) is 9.37 Å². The number of hydrogen-bond acceptors (Lipinski definition) is 4. The van der Waals surface area contributed by atoms with Crippen LogP contribution in [-0.2, 0) is 0 Å². The molecule has 2 rings (SSSR count). The van der Waals surface area contributed by atoms with Crippen LogP contribution in [0.2, 0.25) is 0 Å². The third-order valence-corrected chi connectivity index (χ3v) is 2.38. The first-order valence-electron chi connectivity index (χ1n) is 5.80. The Hall–Kier alpha value is -2.61. The molecule has 96 valence electrons. The molecule has 0 saturated carbocycles. The van der Waals surface area contributed by atoms with Crippen molar-refractivity contribution >= 4 is 5.82 Å². The van der Waals surface area contributed by atoms with Gasteiger partial charge in [0.05, 0.1) is 11.6 Å². The number of benzene rings is 1. The Morgan fingerprint density at radius 2 is 2.21 bits per heavy atom. The highest BCUT2D eigenvalue weighted by atomic mass is 19.1. The standard InChI is InChI=1S/C14H12FN3O/c1-2-17-14-8-11(5-6-18-14)19-13-4-3-10(9-16)7-12(13)15/h3-8H,2H2,1H3,(H,17,18). The van der Waals surface area contributed by atoms with Crippen LogP contribution in [0.1, 0.15) is 12.5 Å². The summed E-state index contributed by atoms with van der Waals surface area (Å²) in [6.07, 6.45) is 1.58. The lowest BCUT2D eigenvalue weighted by Crippen LogP contribution is -1.99. The van der Waals surface area contributed by atoms with Crippen LogP contribution >= 0.6 is 0 Å². The quantitative estimate of drug-likeness (QED) is 0.912. The van der Waals surface area contributed by atoms with Gasteiger partial charge in [0.2, 0.25) is 0 Å². The molecule has 0 fully saturated rings. The molecular formula is C14H12FN3O. The van der Waals surface area contributed by atoms with Crippen molar-refractivity contribution in [2.75, 3.05) is 11.9 Å². The van der Waals surface area contributed by atoms with E-state index < -0.39 is 5.82 Å². The third kappa shape index (κ3) is 3.19. The maximum atomic E-state index is 13.7. The summed E-state index contributed by atoms with van der Waals surface area (Å²) in [4.78, 5) is 4.09. The molecule has 2 aromatic rings. The Morgan fingerprint density at radius 3 is 2.89 bits per heavy atom. The zero-order chi connectivity index (χ0) is 13.7. The number of halogens is 1. The molecule has 1 aromatic heterocycles. The second-order valence-corrected chi connectivity index (χ2v) is 3.77. The largest absolute Gasteiger partial charge is 0.454 e. The lowest BCUT2D eigenvalue weighted by molar-refractivity contribution is 0.442. The summed E-state index contributed by atoms with van der Waals surface area (Å²) in [7, 11) is 0. The van der Waals surface area contributed by atoms with E-state index in [0.717, 1.165) is 12.6 Å². The van der Waals surface area contributed by atoms with Gasteiger partial charge in [0.1, 0.15) is 11.6 Å². The van der Waals surface area contributed by atoms with E-state index in [1.54, 1.807) is 18.3 Å². The van der Waals surface area contributed by atoms with Crippen LogP contribution in [-0.4, -0.2) is 11.5 Å². The maximum Gasteiger partial charge on any atom is 0.167 e. The summed E-state index contributed by atoms with van der Waals surface area (Å²) in [6, 6.07) is 9.27. The molecule has 1 aromatic carbocycles. The number of nitrogens with one attached hydrogen (secondary N) is 1. The normalized spacial score (nSPS) is 9.74. The molecule has 19 heavy (non-hydrogen) atoms. The Morgan fingerprint density at radius 1 is 1.37 bits per heavy atom. The fourth-order valence-electron chi connectivity index (χ4n) is 1.53. The van der Waals surface area contributed by atoms with Gasteiger partial charge in [-0.2, -0.15) is 5.26 Å². The fourth-order valence-corrected chi connectivity index (χ4v) is 1.53. The van der Waals surface area contributed by atoms with Gasteiger partial charge in [0.15, 0.2) is 11.6 Å². The molecule has 1 N–H and O–H groups in total. The van der Waals surface area contributed by atoms with E-state index in [4.69, 9.17) is 10.00 Å². The molecule has 0 amide bonds. The molecule has 0 spiro atoms. The fraction of sp³-hybridized carbons (Fsp3) is 0.143. The van der Waals surface area contributed by atoms with Gasteiger partial charge in [-0.1, -0.05) is 0 Å². The number of ether oxygens (including phenoxy) is 1. The first kappa shape index (κ1) is 12.8. The lowest BCUT2D eigenvalue weighted by Gasteiger charge is -2.08. The van der Waals surface area contributed by atoms with Crippen LogP contribution in [0.15, 0.2) is 36.5 Å². The van der Waals surface area contributed by atoms with Crippen LogP contribution in [0.3, 0.4) is 0 Å². The molecule has 1 heterocycles. The summed E-state index contributed by atoms with van der Waals surface area (Å²) >= 11 is 0. The molecule has 0 aliphatic carbocycles. The second-order valence-electron chi connectivity index (χ2n) is 3.77. The topological polar surface area (TPSA) is 57.9 Å². The summed E-state index contributed by atoms with van der Waals surface area (Å²) in [6.45, 7) is 2.69. The van der Waals surface area contributed by atoms with Crippen molar-refractivity contribution in [2.45, 2.75) is 6.92 Å². The average Bonchev–Trinajstić information content (AvgIpc) is 2.42. The summed E-state index contributed by atoms with van der Waals surface area (Å²) in [5.74, 6) is 0.650. The van der Waals surface area contributed by atoms with Crippen LogP contribution in [0.4, 0.5) is 10.2 Å². The van der Waals surface area contributed by atoms with Crippen molar-refractivity contribution in [3.63, 3.8) is 0 Å². The number of aromatic nitrogens is 1. The SMILES string of the molecule is CCNc1cc(Oc2ccc(C#N)cc2F)ccn1. The molecule has 5 heteroatoms. The molecule has 4 nitrogen and oxygen atoms in total. The highest BCUT2D eigenvalue weighted by Gasteiger charge is 2.06. The Bertz CT molecular complexity index is 622. The van der Waals surface area contributed by atoms with Crippen molar-refractivity contribution in [3.8, 4) is 17.6 Å². The van der Waals surface area contributed by atoms with Gasteiger partial charge in [-0.05, 0) is 31.2 Å². The maximum absolute atomic E-state index is 13.7. The summed E-state index contributed by atoms with van der Waals surface area (Å²) < 4.78 is 19.1. The minimum Gasteiger partial charge on any atom is -0.454 e. The zero-order valence-electron chi connectivity index (χ0n) is 10.4. The number of rotatable bonds is 4. The first-order chi connectivity index (χ1) is 9.22. The van der Waals surface area contributed by atoms with Gasteiger partial charge in [0, 0.05) is 18.8 Å². The van der Waals surface area contributed by atoms with E-state index in [0.29, 0.717) is 11.6 Å². The third-order valence-electron chi connectivity index (χ3n) is 2.38. The highest BCUT2D eigenvalue weighted by molar-refractivity contribution is 5.43. The van der Waals surface area contributed by atoms with Crippen LogP contribution in [0.5, 0.6) is 11.5 Å². The molecule has 0 aliphatic heterocycles. The van der Waals surface area contributed by atoms with Gasteiger partial charge in [-0.15, -0.1) is 0 Å². The lowest BCUT2D eigenvalue weighted by atomic mass is 10.2. The summed E-state index contributed by atoms with van der Waals surface area (Å²) in [5.41, 5.74) is 0.257. The second kappa shape index (κ2) is 5.83. The smallest absolute Gasteiger partial charge is 0.167 e. The first-order valence-corrected chi connectivity index (χ1v) is 5.80. The zero-order valence-corrected chi connectivity index (χ0v) is 10.4. The van der Waals surface area contributed by atoms with E-state index in [1.807, 2.05) is 13.0 Å². The van der Waals surface area contributed by atoms with Gasteiger partial charge < -0.3 is 10.1 Å². The molecule has 0 unspecified atom stereocenters.